The molecule has 2 aromatic heterocycles. The zero-order valence-corrected chi connectivity index (χ0v) is 15.4. The summed E-state index contributed by atoms with van der Waals surface area (Å²) in [5, 5.41) is 3.30. The summed E-state index contributed by atoms with van der Waals surface area (Å²) < 4.78 is 4.92. The Morgan fingerprint density at radius 3 is 2.88 bits per heavy atom. The molecular formula is C16H20N6O3S. The third-order valence-corrected chi connectivity index (χ3v) is 5.02. The molecule has 3 N–H and O–H groups in total. The van der Waals surface area contributed by atoms with Gasteiger partial charge in [0, 0.05) is 36.7 Å². The smallest absolute Gasteiger partial charge is 0.325 e. The van der Waals surface area contributed by atoms with Crippen LogP contribution in [0.15, 0.2) is 12.4 Å². The number of ether oxygens (including phenoxy) is 1. The van der Waals surface area contributed by atoms with Crippen LogP contribution < -0.4 is 16.0 Å². The molecule has 9 nitrogen and oxygen atoms in total. The van der Waals surface area contributed by atoms with Crippen molar-refractivity contribution < 1.29 is 14.3 Å². The Morgan fingerprint density at radius 1 is 1.46 bits per heavy atom. The molecular weight excluding hydrogens is 356 g/mol. The van der Waals surface area contributed by atoms with E-state index in [4.69, 9.17) is 10.5 Å². The minimum Gasteiger partial charge on any atom is -0.465 e. The zero-order valence-electron chi connectivity index (χ0n) is 14.6. The molecule has 3 heterocycles. The SMILES string of the molecule is CCOC(=O)CN(C)c1ncc([C@@H]2CC(=O)NCc3nc(N)sc32)cn1. The maximum absolute atomic E-state index is 12.0. The predicted octanol–water partition coefficient (Wildman–Crippen LogP) is 0.666. The number of esters is 1. The van der Waals surface area contributed by atoms with Crippen LogP contribution in [0, 0.1) is 0 Å². The minimum absolute atomic E-state index is 0.0534. The molecule has 0 fully saturated rings. The monoisotopic (exact) mass is 376 g/mol. The molecule has 0 aromatic carbocycles. The Balaban J connectivity index is 1.81. The van der Waals surface area contributed by atoms with Gasteiger partial charge in [-0.1, -0.05) is 0 Å². The summed E-state index contributed by atoms with van der Waals surface area (Å²) in [6.07, 6.45) is 3.63. The van der Waals surface area contributed by atoms with E-state index in [9.17, 15) is 9.59 Å². The van der Waals surface area contributed by atoms with Crippen molar-refractivity contribution in [3.63, 3.8) is 0 Å². The van der Waals surface area contributed by atoms with Crippen LogP contribution in [0.3, 0.4) is 0 Å². The molecule has 1 atom stereocenters. The maximum atomic E-state index is 12.0. The topological polar surface area (TPSA) is 123 Å². The van der Waals surface area contributed by atoms with E-state index in [0.29, 0.717) is 24.2 Å². The van der Waals surface area contributed by atoms with Gasteiger partial charge in [0.05, 0.1) is 18.8 Å². The first-order valence-corrected chi connectivity index (χ1v) is 9.00. The molecule has 1 aliphatic heterocycles. The van der Waals surface area contributed by atoms with Crippen molar-refractivity contribution in [1.29, 1.82) is 0 Å². The lowest BCUT2D eigenvalue weighted by molar-refractivity contribution is -0.141. The highest BCUT2D eigenvalue weighted by Crippen LogP contribution is 2.36. The standard InChI is InChI=1S/C16H20N6O3S/c1-3-25-13(24)8-22(2)16-19-5-9(6-20-16)10-4-12(23)18-7-11-14(10)26-15(17)21-11/h5-6,10H,3-4,7-8H2,1-2H3,(H2,17,21)(H,18,23)/t10-/m0/s1. The summed E-state index contributed by atoms with van der Waals surface area (Å²) in [5.41, 5.74) is 7.42. The van der Waals surface area contributed by atoms with E-state index in [0.717, 1.165) is 16.1 Å². The van der Waals surface area contributed by atoms with Crippen molar-refractivity contribution in [2.45, 2.75) is 25.8 Å². The summed E-state index contributed by atoms with van der Waals surface area (Å²) in [6, 6.07) is 0. The molecule has 10 heteroatoms. The van der Waals surface area contributed by atoms with E-state index >= 15 is 0 Å². The van der Waals surface area contributed by atoms with Gasteiger partial charge in [-0.05, 0) is 12.5 Å². The molecule has 1 aliphatic rings. The van der Waals surface area contributed by atoms with Gasteiger partial charge in [0.1, 0.15) is 6.54 Å². The van der Waals surface area contributed by atoms with Gasteiger partial charge in [-0.2, -0.15) is 0 Å². The number of carbonyl (C=O) groups excluding carboxylic acids is 2. The fourth-order valence-corrected chi connectivity index (χ4v) is 3.74. The summed E-state index contributed by atoms with van der Waals surface area (Å²) in [4.78, 5) is 39.1. The number of nitrogens with zero attached hydrogens (tertiary/aromatic N) is 4. The first-order valence-electron chi connectivity index (χ1n) is 8.18. The van der Waals surface area contributed by atoms with Gasteiger partial charge in [-0.15, -0.1) is 11.3 Å². The number of nitrogens with one attached hydrogen (secondary N) is 1. The number of rotatable bonds is 5. The number of amides is 1. The molecule has 0 saturated heterocycles. The van der Waals surface area contributed by atoms with E-state index < -0.39 is 0 Å². The van der Waals surface area contributed by atoms with Crippen molar-refractivity contribution in [3.8, 4) is 0 Å². The number of thiazole rings is 1. The van der Waals surface area contributed by atoms with Gasteiger partial charge >= 0.3 is 5.97 Å². The van der Waals surface area contributed by atoms with E-state index in [1.165, 1.54) is 11.3 Å². The second-order valence-electron chi connectivity index (χ2n) is 5.87. The molecule has 138 valence electrons. The van der Waals surface area contributed by atoms with E-state index in [1.54, 1.807) is 31.3 Å². The Morgan fingerprint density at radius 2 is 2.19 bits per heavy atom. The Hall–Kier alpha value is -2.75. The number of nitrogen functional groups attached to an aromatic ring is 1. The van der Waals surface area contributed by atoms with Crippen LogP contribution in [0.2, 0.25) is 0 Å². The highest BCUT2D eigenvalue weighted by molar-refractivity contribution is 7.15. The lowest BCUT2D eigenvalue weighted by Crippen LogP contribution is -2.28. The van der Waals surface area contributed by atoms with Crippen molar-refractivity contribution >= 4 is 34.3 Å². The van der Waals surface area contributed by atoms with E-state index in [1.807, 2.05) is 0 Å². The van der Waals surface area contributed by atoms with Crippen molar-refractivity contribution in [2.75, 3.05) is 30.8 Å². The average Bonchev–Trinajstić information content (AvgIpc) is 2.91. The van der Waals surface area contributed by atoms with Gasteiger partial charge in [0.15, 0.2) is 5.13 Å². The van der Waals surface area contributed by atoms with Crippen molar-refractivity contribution in [3.05, 3.63) is 28.5 Å². The number of aromatic nitrogens is 3. The Bertz CT molecular complexity index is 807. The first-order chi connectivity index (χ1) is 12.5. The van der Waals surface area contributed by atoms with Gasteiger partial charge in [-0.25, -0.2) is 15.0 Å². The number of fused-ring (bicyclic) bond motifs is 1. The molecule has 0 aliphatic carbocycles. The summed E-state index contributed by atoms with van der Waals surface area (Å²) >= 11 is 1.38. The first kappa shape index (κ1) is 18.1. The number of anilines is 2. The van der Waals surface area contributed by atoms with Crippen LogP contribution in [-0.4, -0.2) is 47.0 Å². The second-order valence-corrected chi connectivity index (χ2v) is 6.94. The summed E-state index contributed by atoms with van der Waals surface area (Å²) in [5.74, 6) is -0.175. The molecule has 26 heavy (non-hydrogen) atoms. The fraction of sp³-hybridized carbons (Fsp3) is 0.438. The quantitative estimate of drug-likeness (QED) is 0.730. The average molecular weight is 376 g/mol. The third-order valence-electron chi connectivity index (χ3n) is 3.98. The number of hydrogen-bond donors (Lipinski definition) is 2. The zero-order chi connectivity index (χ0) is 18.7. The van der Waals surface area contributed by atoms with Crippen LogP contribution in [-0.2, 0) is 20.9 Å². The van der Waals surface area contributed by atoms with Gasteiger partial charge in [0.2, 0.25) is 11.9 Å². The Kier molecular flexibility index (Phi) is 5.31. The van der Waals surface area contributed by atoms with Crippen LogP contribution in [0.1, 0.15) is 35.4 Å². The van der Waals surface area contributed by atoms with Gasteiger partial charge in [0.25, 0.3) is 0 Å². The van der Waals surface area contributed by atoms with Crippen molar-refractivity contribution in [2.24, 2.45) is 0 Å². The van der Waals surface area contributed by atoms with Gasteiger partial charge in [-0.3, -0.25) is 9.59 Å². The van der Waals surface area contributed by atoms with Crippen LogP contribution >= 0.6 is 11.3 Å². The second kappa shape index (κ2) is 7.65. The summed E-state index contributed by atoms with van der Waals surface area (Å²) in [7, 11) is 1.72. The highest BCUT2D eigenvalue weighted by atomic mass is 32.1. The maximum Gasteiger partial charge on any atom is 0.325 e. The van der Waals surface area contributed by atoms with E-state index in [2.05, 4.69) is 20.3 Å². The lowest BCUT2D eigenvalue weighted by atomic mass is 9.96. The van der Waals surface area contributed by atoms with E-state index in [-0.39, 0.29) is 30.8 Å². The summed E-state index contributed by atoms with van der Waals surface area (Å²) in [6.45, 7) is 2.52. The van der Waals surface area contributed by atoms with Crippen molar-refractivity contribution in [1.82, 2.24) is 20.3 Å². The number of hydrogen-bond acceptors (Lipinski definition) is 9. The molecule has 3 rings (SSSR count). The number of carbonyl (C=O) groups is 2. The molecule has 1 amide bonds. The predicted molar refractivity (Wildman–Crippen MR) is 96.8 cm³/mol. The van der Waals surface area contributed by atoms with Crippen LogP contribution in [0.4, 0.5) is 11.1 Å². The third kappa shape index (κ3) is 3.90. The normalized spacial score (nSPS) is 16.4. The number of likely N-dealkylation sites (N-methyl/N-ethyl adjacent to an activating group) is 1. The Labute approximate surface area is 154 Å². The molecule has 0 spiro atoms. The number of nitrogens with two attached hydrogens (primary N) is 1. The molecule has 0 radical (unpaired) electrons. The lowest BCUT2D eigenvalue weighted by Gasteiger charge is -2.17. The van der Waals surface area contributed by atoms with Crippen LogP contribution in [0.25, 0.3) is 0 Å². The van der Waals surface area contributed by atoms with Crippen LogP contribution in [0.5, 0.6) is 0 Å². The molecule has 0 bridgehead atoms. The molecule has 2 aromatic rings. The molecule has 0 saturated carbocycles. The van der Waals surface area contributed by atoms with Gasteiger partial charge < -0.3 is 20.7 Å². The minimum atomic E-state index is -0.340. The highest BCUT2D eigenvalue weighted by Gasteiger charge is 2.28. The fourth-order valence-electron chi connectivity index (χ4n) is 2.76. The molecule has 0 unspecified atom stereocenters. The largest absolute Gasteiger partial charge is 0.465 e.